The predicted molar refractivity (Wildman–Crippen MR) is 103 cm³/mol. The molecular formula is C20H24N2O2S. The van der Waals surface area contributed by atoms with Crippen LogP contribution in [0.5, 0.6) is 11.5 Å². The molecule has 1 heterocycles. The molecule has 0 N–H and O–H groups in total. The molecule has 0 aliphatic heterocycles. The first-order chi connectivity index (χ1) is 12.2. The minimum Gasteiger partial charge on any atom is -0.490 e. The summed E-state index contributed by atoms with van der Waals surface area (Å²) in [6.45, 7) is 7.29. The van der Waals surface area contributed by atoms with E-state index in [2.05, 4.69) is 18.0 Å². The largest absolute Gasteiger partial charge is 0.490 e. The van der Waals surface area contributed by atoms with Gasteiger partial charge in [0.2, 0.25) is 0 Å². The quantitative estimate of drug-likeness (QED) is 0.441. The van der Waals surface area contributed by atoms with E-state index in [9.17, 15) is 5.26 Å². The van der Waals surface area contributed by atoms with E-state index < -0.39 is 0 Å². The summed E-state index contributed by atoms with van der Waals surface area (Å²) in [4.78, 5) is 4.38. The van der Waals surface area contributed by atoms with Gasteiger partial charge in [-0.1, -0.05) is 25.8 Å². The number of benzene rings is 1. The molecule has 5 heteroatoms. The van der Waals surface area contributed by atoms with Gasteiger partial charge in [-0.25, -0.2) is 4.98 Å². The van der Waals surface area contributed by atoms with E-state index in [1.165, 1.54) is 17.8 Å². The summed E-state index contributed by atoms with van der Waals surface area (Å²) >= 11 is 1.48. The fraction of sp³-hybridized carbons (Fsp3) is 0.400. The molecule has 0 saturated heterocycles. The molecule has 2 rings (SSSR count). The van der Waals surface area contributed by atoms with Gasteiger partial charge in [0.15, 0.2) is 11.5 Å². The molecule has 0 spiro atoms. The van der Waals surface area contributed by atoms with E-state index in [0.29, 0.717) is 24.5 Å². The molecule has 0 radical (unpaired) electrons. The summed E-state index contributed by atoms with van der Waals surface area (Å²) in [5.41, 5.74) is 2.37. The van der Waals surface area contributed by atoms with E-state index in [-0.39, 0.29) is 0 Å². The lowest BCUT2D eigenvalue weighted by Gasteiger charge is -2.12. The maximum atomic E-state index is 9.44. The number of hydrogen-bond donors (Lipinski definition) is 0. The van der Waals surface area contributed by atoms with E-state index in [0.717, 1.165) is 34.9 Å². The van der Waals surface area contributed by atoms with Crippen LogP contribution >= 0.6 is 11.3 Å². The highest BCUT2D eigenvalue weighted by Gasteiger charge is 2.09. The second kappa shape index (κ2) is 9.85. The molecule has 0 amide bonds. The first-order valence-corrected chi connectivity index (χ1v) is 9.49. The minimum atomic E-state index is 0.553. The Morgan fingerprint density at radius 1 is 1.24 bits per heavy atom. The van der Waals surface area contributed by atoms with Crippen molar-refractivity contribution in [3.63, 3.8) is 0 Å². The van der Waals surface area contributed by atoms with E-state index in [1.807, 2.05) is 43.5 Å². The van der Waals surface area contributed by atoms with E-state index >= 15 is 0 Å². The van der Waals surface area contributed by atoms with Gasteiger partial charge >= 0.3 is 0 Å². The average molecular weight is 356 g/mol. The van der Waals surface area contributed by atoms with Crippen LogP contribution in [0.3, 0.4) is 0 Å². The fourth-order valence-electron chi connectivity index (χ4n) is 2.32. The van der Waals surface area contributed by atoms with Crippen LogP contribution in [0.25, 0.3) is 11.6 Å². The Morgan fingerprint density at radius 2 is 2.08 bits per heavy atom. The van der Waals surface area contributed by atoms with Crippen LogP contribution in [0.2, 0.25) is 0 Å². The lowest BCUT2D eigenvalue weighted by atomic mass is 10.1. The molecule has 25 heavy (non-hydrogen) atoms. The average Bonchev–Trinajstić information content (AvgIpc) is 3.04. The van der Waals surface area contributed by atoms with Crippen molar-refractivity contribution in [1.29, 1.82) is 5.26 Å². The molecule has 1 aromatic heterocycles. The summed E-state index contributed by atoms with van der Waals surface area (Å²) in [7, 11) is 0. The van der Waals surface area contributed by atoms with Crippen molar-refractivity contribution < 1.29 is 9.47 Å². The van der Waals surface area contributed by atoms with Crippen LogP contribution in [0.4, 0.5) is 0 Å². The highest BCUT2D eigenvalue weighted by atomic mass is 32.1. The van der Waals surface area contributed by atoms with Crippen molar-refractivity contribution in [2.24, 2.45) is 0 Å². The molecular weight excluding hydrogens is 332 g/mol. The summed E-state index contributed by atoms with van der Waals surface area (Å²) in [6.07, 6.45) is 5.19. The summed E-state index contributed by atoms with van der Waals surface area (Å²) < 4.78 is 11.6. The second-order valence-corrected chi connectivity index (χ2v) is 6.52. The van der Waals surface area contributed by atoms with Crippen LogP contribution in [0.15, 0.2) is 23.6 Å². The maximum Gasteiger partial charge on any atom is 0.161 e. The molecule has 132 valence electrons. The third-order valence-corrected chi connectivity index (χ3v) is 4.55. The Hall–Kier alpha value is -2.32. The van der Waals surface area contributed by atoms with Gasteiger partial charge in [-0.2, -0.15) is 5.26 Å². The second-order valence-electron chi connectivity index (χ2n) is 5.66. The van der Waals surface area contributed by atoms with Crippen molar-refractivity contribution in [3.8, 4) is 17.6 Å². The molecule has 0 saturated carbocycles. The third kappa shape index (κ3) is 5.61. The van der Waals surface area contributed by atoms with Gasteiger partial charge < -0.3 is 9.47 Å². The zero-order chi connectivity index (χ0) is 18.1. The Kier molecular flexibility index (Phi) is 7.49. The van der Waals surface area contributed by atoms with Crippen LogP contribution in [-0.4, -0.2) is 18.2 Å². The van der Waals surface area contributed by atoms with Crippen LogP contribution in [0.1, 0.15) is 49.4 Å². The molecule has 0 fully saturated rings. The molecule has 1 aromatic carbocycles. The highest BCUT2D eigenvalue weighted by molar-refractivity contribution is 7.11. The number of hydrogen-bond acceptors (Lipinski definition) is 5. The molecule has 0 bridgehead atoms. The molecule has 2 aromatic rings. The number of allylic oxidation sites excluding steroid dienone is 1. The van der Waals surface area contributed by atoms with Crippen molar-refractivity contribution >= 4 is 23.0 Å². The van der Waals surface area contributed by atoms with Crippen LogP contribution in [-0.2, 0) is 0 Å². The number of aromatic nitrogens is 1. The number of nitrogens with zero attached hydrogens (tertiary/aromatic N) is 2. The number of rotatable bonds is 9. The number of thiazole rings is 1. The standard InChI is InChI=1S/C20H24N2O2S/c1-4-6-7-10-24-18-9-8-16(12-19(18)23-5-2)11-17(13-21)20-22-15(3)14-25-20/h8-9,11-12,14H,4-7,10H2,1-3H3/b17-11-. The van der Waals surface area contributed by atoms with Gasteiger partial charge in [0.05, 0.1) is 18.8 Å². The molecule has 0 atom stereocenters. The molecule has 0 unspecified atom stereocenters. The number of aryl methyl sites for hydroxylation is 1. The highest BCUT2D eigenvalue weighted by Crippen LogP contribution is 2.31. The smallest absolute Gasteiger partial charge is 0.161 e. The molecule has 0 aliphatic rings. The topological polar surface area (TPSA) is 55.1 Å². The van der Waals surface area contributed by atoms with Crippen molar-refractivity contribution in [2.75, 3.05) is 13.2 Å². The normalized spacial score (nSPS) is 11.2. The Morgan fingerprint density at radius 3 is 2.72 bits per heavy atom. The van der Waals surface area contributed by atoms with Crippen molar-refractivity contribution in [1.82, 2.24) is 4.98 Å². The summed E-state index contributed by atoms with van der Waals surface area (Å²) in [5.74, 6) is 1.46. The summed E-state index contributed by atoms with van der Waals surface area (Å²) in [6, 6.07) is 7.99. The first-order valence-electron chi connectivity index (χ1n) is 8.61. The Labute approximate surface area is 153 Å². The first kappa shape index (κ1) is 19.0. The monoisotopic (exact) mass is 356 g/mol. The van der Waals surface area contributed by atoms with E-state index in [1.54, 1.807) is 0 Å². The maximum absolute atomic E-state index is 9.44. The Balaban J connectivity index is 2.22. The fourth-order valence-corrected chi connectivity index (χ4v) is 3.09. The van der Waals surface area contributed by atoms with Gasteiger partial charge in [-0.05, 0) is 44.0 Å². The zero-order valence-electron chi connectivity index (χ0n) is 15.0. The summed E-state index contributed by atoms with van der Waals surface area (Å²) in [5, 5.41) is 12.1. The number of unbranched alkanes of at least 4 members (excludes halogenated alkanes) is 2. The van der Waals surface area contributed by atoms with Gasteiger partial charge in [-0.15, -0.1) is 11.3 Å². The van der Waals surface area contributed by atoms with Gasteiger partial charge in [-0.3, -0.25) is 0 Å². The van der Waals surface area contributed by atoms with Crippen LogP contribution < -0.4 is 9.47 Å². The predicted octanol–water partition coefficient (Wildman–Crippen LogP) is 5.48. The van der Waals surface area contributed by atoms with Crippen LogP contribution in [0, 0.1) is 18.3 Å². The van der Waals surface area contributed by atoms with Gasteiger partial charge in [0.25, 0.3) is 0 Å². The molecule has 4 nitrogen and oxygen atoms in total. The van der Waals surface area contributed by atoms with Gasteiger partial charge in [0.1, 0.15) is 11.1 Å². The van der Waals surface area contributed by atoms with Crippen molar-refractivity contribution in [2.45, 2.75) is 40.0 Å². The lowest BCUT2D eigenvalue weighted by molar-refractivity contribution is 0.271. The zero-order valence-corrected chi connectivity index (χ0v) is 15.9. The Bertz CT molecular complexity index is 759. The SMILES string of the molecule is CCCCCOc1ccc(/C=C(/C#N)c2nc(C)cs2)cc1OCC. The number of nitriles is 1. The number of ether oxygens (including phenoxy) is 2. The lowest BCUT2D eigenvalue weighted by Crippen LogP contribution is -2.01. The third-order valence-electron chi connectivity index (χ3n) is 3.55. The minimum absolute atomic E-state index is 0.553. The van der Waals surface area contributed by atoms with Crippen molar-refractivity contribution in [3.05, 3.63) is 39.8 Å². The molecule has 0 aliphatic carbocycles. The van der Waals surface area contributed by atoms with E-state index in [4.69, 9.17) is 9.47 Å². The van der Waals surface area contributed by atoms with Gasteiger partial charge in [0, 0.05) is 11.1 Å².